The predicted octanol–water partition coefficient (Wildman–Crippen LogP) is 22.2. The molecule has 2 saturated heterocycles. The summed E-state index contributed by atoms with van der Waals surface area (Å²) in [6.45, 7) is 26.3. The van der Waals surface area contributed by atoms with Crippen LogP contribution in [-0.4, -0.2) is 119 Å². The van der Waals surface area contributed by atoms with Gasteiger partial charge in [-0.3, -0.25) is 20.2 Å². The second kappa shape index (κ2) is 37.3. The van der Waals surface area contributed by atoms with E-state index in [-0.39, 0.29) is 121 Å². The molecule has 2 aliphatic carbocycles. The van der Waals surface area contributed by atoms with Gasteiger partial charge in [-0.25, -0.2) is 55.5 Å². The highest BCUT2D eigenvalue weighted by Gasteiger charge is 2.50. The molecule has 0 bridgehead atoms. The van der Waals surface area contributed by atoms with E-state index < -0.39 is 54.8 Å². The predicted molar refractivity (Wildman–Crippen MR) is 437 cm³/mol. The van der Waals surface area contributed by atoms with Crippen molar-refractivity contribution in [2.45, 2.75) is 210 Å². The van der Waals surface area contributed by atoms with Gasteiger partial charge in [-0.1, -0.05) is 122 Å². The maximum atomic E-state index is 13.6. The lowest BCUT2D eigenvalue weighted by Gasteiger charge is -2.53. The second-order valence-electron chi connectivity index (χ2n) is 32.8. The number of imidazole rings is 2. The van der Waals surface area contributed by atoms with Crippen LogP contribution >= 0.6 is 46.4 Å². The van der Waals surface area contributed by atoms with Gasteiger partial charge < -0.3 is 48.5 Å². The number of carbonyl (C=O) groups excluding carboxylic acids is 5. The number of benzene rings is 4. The standard InChI is InChI=1S/C41H51F2N5O5S.C36H43F2N5O3S.C6H4F2O2S.CH4.ClH/c1-26(39(2,3)4)47(38(51)52-24-27-12-9-8-10-13-27)23-28-14-15-31-30(20-28)44-36(45-35(49)33-17-16-32(54-33)34(42)43)48(31)29-21-41(22-29)18-11-19-46(25-41)37(50)53-40(5,6)7;1-23(35(2,3)4)42(34(45)46-21-24-9-6-5-7-10-24)20-25-11-12-28-27(17-25)40-33(41-32(44)30-14-13-29(47-30)31(37)38)43(28)26-18-36(19-26)15-8-16-39-22-36;7-5(8)3-1-2-4(11-3)6(9)10;;/h8-10,12-17,20,26,29,34H,11,18-19,21-25H2,1-7H3,(H,44,45,49);5-7,9-14,17,23,26,31,39H,8,15-16,18-22H2,1-4H3,(H,40,41,44);1-2,5H,(H,9,10);1H4;1H/t26-,29?,41?;23-,26?,36?;;;/m00.../s1. The van der Waals surface area contributed by atoms with Crippen molar-refractivity contribution >= 4 is 116 Å². The van der Waals surface area contributed by atoms with Crippen LogP contribution in [0.25, 0.3) is 22.1 Å². The Morgan fingerprint density at radius 1 is 0.561 bits per heavy atom. The van der Waals surface area contributed by atoms with Gasteiger partial charge in [-0.05, 0) is 197 Å². The molecule has 2 aliphatic heterocycles. The Labute approximate surface area is 679 Å². The number of rotatable bonds is 20. The van der Waals surface area contributed by atoms with Crippen LogP contribution in [0.15, 0.2) is 133 Å². The number of fused-ring (bicyclic) bond motifs is 2. The lowest BCUT2D eigenvalue weighted by atomic mass is 9.61. The fourth-order valence-corrected chi connectivity index (χ4v) is 17.0. The van der Waals surface area contributed by atoms with Crippen molar-refractivity contribution < 1.29 is 74.4 Å². The van der Waals surface area contributed by atoms with E-state index in [9.17, 15) is 55.1 Å². The lowest BCUT2D eigenvalue weighted by Crippen LogP contribution is -2.53. The van der Waals surface area contributed by atoms with Crippen LogP contribution in [0, 0.1) is 21.7 Å². The Balaban J connectivity index is 0.000000228. The SMILES string of the molecule is C.C[C@H](N(Cc1ccc2c(c1)nc(NC(=O)c1ccc(C(F)F)s1)n2C1CC2(CCCN(C(=O)OC(C)(C)C)C2)C1)C(=O)OCc1ccccc1)C(C)(C)C.C[C@H](N(Cc1ccc2c(c1)nc(NC(=O)c1ccc(C(F)F)s1)n2C1CC2(CCCNC2)C1)C(=O)OCc1ccccc1)C(C)(C)C.Cl.O=C(O)c1ccc(C(F)F)s1. The molecule has 4 aliphatic rings. The monoisotopic (exact) mass is 1660 g/mol. The number of alkyl halides is 6. The van der Waals surface area contributed by atoms with Crippen LogP contribution in [0.4, 0.5) is 52.6 Å². The van der Waals surface area contributed by atoms with Gasteiger partial charge in [0.1, 0.15) is 23.7 Å². The fourth-order valence-electron chi connectivity index (χ4n) is 14.8. The van der Waals surface area contributed by atoms with Crippen LogP contribution in [0.1, 0.15) is 232 Å². The van der Waals surface area contributed by atoms with Gasteiger partial charge in [-0.2, -0.15) is 0 Å². The minimum absolute atomic E-state index is 0. The first kappa shape index (κ1) is 88.9. The highest BCUT2D eigenvalue weighted by molar-refractivity contribution is 7.14. The maximum Gasteiger partial charge on any atom is 0.410 e. The first-order chi connectivity index (χ1) is 52.9. The number of nitrogens with zero attached hydrogens (tertiary/aromatic N) is 7. The number of likely N-dealkylation sites (tertiary alicyclic amines) is 1. The van der Waals surface area contributed by atoms with Crippen molar-refractivity contribution in [1.82, 2.24) is 39.1 Å². The molecule has 5 amide bonds. The number of ether oxygens (including phenoxy) is 3. The molecule has 4 fully saturated rings. The van der Waals surface area contributed by atoms with Crippen molar-refractivity contribution in [3.8, 4) is 0 Å². The Morgan fingerprint density at radius 2 is 0.965 bits per heavy atom. The van der Waals surface area contributed by atoms with E-state index in [0.717, 1.165) is 120 Å². The normalized spacial score (nSPS) is 18.6. The average Bonchev–Trinajstić information content (AvgIpc) is 1.52. The van der Waals surface area contributed by atoms with Crippen LogP contribution in [0.5, 0.6) is 0 Å². The average molecular weight is 1660 g/mol. The van der Waals surface area contributed by atoms with Crippen LogP contribution < -0.4 is 16.0 Å². The number of aromatic carboxylic acids is 1. The molecule has 2 atom stereocenters. The molecule has 20 nitrogen and oxygen atoms in total. The zero-order valence-electron chi connectivity index (χ0n) is 65.2. The number of halogens is 7. The summed E-state index contributed by atoms with van der Waals surface area (Å²) in [5, 5.41) is 17.7. The number of carboxylic acid groups (broad SMARTS) is 1. The number of thiophene rings is 3. The third-order valence-electron chi connectivity index (χ3n) is 21.4. The van der Waals surface area contributed by atoms with Gasteiger partial charge in [-0.15, -0.1) is 46.4 Å². The quantitative estimate of drug-likeness (QED) is 0.0411. The highest BCUT2D eigenvalue weighted by Crippen LogP contribution is 2.56. The molecule has 4 aromatic carbocycles. The first-order valence-corrected chi connectivity index (χ1v) is 40.0. The van der Waals surface area contributed by atoms with Gasteiger partial charge >= 0.3 is 24.2 Å². The molecule has 2 spiro atoms. The Hall–Kier alpha value is -9.03. The van der Waals surface area contributed by atoms with E-state index in [1.54, 1.807) is 14.7 Å². The number of piperidine rings is 2. The van der Waals surface area contributed by atoms with E-state index in [1.807, 2.05) is 136 Å². The van der Waals surface area contributed by atoms with Crippen molar-refractivity contribution in [2.75, 3.05) is 36.8 Å². The molecule has 0 unspecified atom stereocenters. The Bertz CT molecular complexity index is 4780. The summed E-state index contributed by atoms with van der Waals surface area (Å²) >= 11 is 2.14. The fraction of sp³-hybridized carbons (Fsp3) is 0.476. The number of anilines is 2. The third-order valence-corrected chi connectivity index (χ3v) is 24.7. The molecule has 0 radical (unpaired) electrons. The summed E-state index contributed by atoms with van der Waals surface area (Å²) in [5.41, 5.74) is 5.66. The van der Waals surface area contributed by atoms with Gasteiger partial charge in [0, 0.05) is 56.9 Å². The Kier molecular flexibility index (Phi) is 29.1. The molecular weight excluding hydrogens is 1550 g/mol. The van der Waals surface area contributed by atoms with E-state index in [0.29, 0.717) is 53.9 Å². The molecule has 2 saturated carbocycles. The summed E-state index contributed by atoms with van der Waals surface area (Å²) in [6, 6.07) is 38.5. The van der Waals surface area contributed by atoms with Crippen molar-refractivity contribution in [1.29, 1.82) is 0 Å². The van der Waals surface area contributed by atoms with Crippen molar-refractivity contribution in [2.24, 2.45) is 21.7 Å². The number of hydrogen-bond acceptors (Lipinski definition) is 15. The lowest BCUT2D eigenvalue weighted by molar-refractivity contribution is -0.0332. The largest absolute Gasteiger partial charge is 0.477 e. The topological polar surface area (TPSA) is 232 Å². The number of carbonyl (C=O) groups is 6. The summed E-state index contributed by atoms with van der Waals surface area (Å²) in [7, 11) is 0. The van der Waals surface area contributed by atoms with E-state index in [2.05, 4.69) is 62.1 Å². The number of hydrogen-bond donors (Lipinski definition) is 4. The van der Waals surface area contributed by atoms with Crippen LogP contribution in [0.3, 0.4) is 0 Å². The van der Waals surface area contributed by atoms with Gasteiger partial charge in [0.15, 0.2) is 0 Å². The van der Waals surface area contributed by atoms with E-state index in [4.69, 9.17) is 29.3 Å². The zero-order valence-corrected chi connectivity index (χ0v) is 68.5. The molecule has 13 rings (SSSR count). The van der Waals surface area contributed by atoms with Gasteiger partial charge in [0.25, 0.3) is 31.1 Å². The molecule has 30 heteroatoms. The molecule has 114 heavy (non-hydrogen) atoms. The number of nitrogens with one attached hydrogen (secondary N) is 3. The summed E-state index contributed by atoms with van der Waals surface area (Å²) in [6.07, 6.45) is -1.39. The number of aromatic nitrogens is 4. The summed E-state index contributed by atoms with van der Waals surface area (Å²) in [4.78, 5) is 91.8. The molecular formula is C84H103ClF6N10O10S3. The van der Waals surface area contributed by atoms with E-state index >= 15 is 0 Å². The second-order valence-corrected chi connectivity index (χ2v) is 36.2. The smallest absolute Gasteiger partial charge is 0.410 e. The molecule has 9 aromatic rings. The van der Waals surface area contributed by atoms with E-state index in [1.165, 1.54) is 36.8 Å². The summed E-state index contributed by atoms with van der Waals surface area (Å²) in [5.74, 6) is -1.42. The van der Waals surface area contributed by atoms with Crippen LogP contribution in [0.2, 0.25) is 0 Å². The maximum absolute atomic E-state index is 13.6. The number of carboxylic acids is 1. The highest BCUT2D eigenvalue weighted by atomic mass is 35.5. The number of amides is 5. The molecule has 5 aromatic heterocycles. The van der Waals surface area contributed by atoms with Crippen LogP contribution in [-0.2, 0) is 40.5 Å². The summed E-state index contributed by atoms with van der Waals surface area (Å²) < 4.78 is 98.3. The minimum atomic E-state index is -2.67. The molecule has 4 N–H and O–H groups in total. The van der Waals surface area contributed by atoms with Gasteiger partial charge in [0.05, 0.1) is 46.5 Å². The third kappa shape index (κ3) is 21.9. The van der Waals surface area contributed by atoms with Gasteiger partial charge in [0.2, 0.25) is 11.9 Å². The van der Waals surface area contributed by atoms with Crippen molar-refractivity contribution in [3.63, 3.8) is 0 Å². The molecule has 616 valence electrons. The minimum Gasteiger partial charge on any atom is -0.477 e. The Morgan fingerprint density at radius 3 is 1.33 bits per heavy atom. The first-order valence-electron chi connectivity index (χ1n) is 37.6. The molecule has 7 heterocycles. The zero-order chi connectivity index (χ0) is 80.8. The van der Waals surface area contributed by atoms with Crippen molar-refractivity contribution in [3.05, 3.63) is 185 Å².